The predicted octanol–water partition coefficient (Wildman–Crippen LogP) is 3.73. The minimum absolute atomic E-state index is 0.129. The molecule has 0 saturated carbocycles. The predicted molar refractivity (Wildman–Crippen MR) is 123 cm³/mol. The number of amidine groups is 1. The third-order valence-corrected chi connectivity index (χ3v) is 5.13. The third kappa shape index (κ3) is 7.69. The van der Waals surface area contributed by atoms with Crippen LogP contribution in [0.4, 0.5) is 4.39 Å². The Hall–Kier alpha value is -2.84. The molecule has 7 nitrogen and oxygen atoms in total. The van der Waals surface area contributed by atoms with Crippen molar-refractivity contribution < 1.29 is 18.7 Å². The highest BCUT2D eigenvalue weighted by molar-refractivity contribution is 6.34. The summed E-state index contributed by atoms with van der Waals surface area (Å²) in [7, 11) is 1.42. The summed E-state index contributed by atoms with van der Waals surface area (Å²) in [5.41, 5.74) is 0.975. The Morgan fingerprint density at radius 2 is 1.84 bits per heavy atom. The van der Waals surface area contributed by atoms with E-state index in [1.807, 2.05) is 0 Å². The number of halogens is 3. The summed E-state index contributed by atoms with van der Waals surface area (Å²) in [5.74, 6) is -0.893. The van der Waals surface area contributed by atoms with Crippen molar-refractivity contribution in [1.82, 2.24) is 16.0 Å². The van der Waals surface area contributed by atoms with Crippen molar-refractivity contribution in [3.8, 4) is 5.75 Å². The van der Waals surface area contributed by atoms with E-state index < -0.39 is 18.6 Å². The van der Waals surface area contributed by atoms with Crippen LogP contribution in [-0.4, -0.2) is 44.0 Å². The van der Waals surface area contributed by atoms with Crippen molar-refractivity contribution in [2.75, 3.05) is 20.3 Å². The minimum Gasteiger partial charge on any atom is -0.496 e. The van der Waals surface area contributed by atoms with Gasteiger partial charge in [0.05, 0.1) is 17.7 Å². The van der Waals surface area contributed by atoms with Crippen molar-refractivity contribution in [2.45, 2.75) is 25.4 Å². The van der Waals surface area contributed by atoms with E-state index in [4.69, 9.17) is 33.3 Å². The number of methoxy groups -OCH3 is 1. The number of amides is 2. The number of alkyl halides is 1. The quantitative estimate of drug-likeness (QED) is 0.222. The van der Waals surface area contributed by atoms with Crippen molar-refractivity contribution in [1.29, 1.82) is 5.41 Å². The van der Waals surface area contributed by atoms with Crippen LogP contribution in [0, 0.1) is 5.41 Å². The largest absolute Gasteiger partial charge is 0.496 e. The molecule has 2 amide bonds. The number of carbonyl (C=O) groups excluding carboxylic acids is 2. The molecule has 10 heteroatoms. The summed E-state index contributed by atoms with van der Waals surface area (Å²) < 4.78 is 17.6. The minimum atomic E-state index is -0.895. The average molecular weight is 483 g/mol. The van der Waals surface area contributed by atoms with E-state index in [0.29, 0.717) is 11.4 Å². The average Bonchev–Trinajstić information content (AvgIpc) is 2.79. The van der Waals surface area contributed by atoms with Gasteiger partial charge in [-0.3, -0.25) is 15.0 Å². The molecule has 4 N–H and O–H groups in total. The van der Waals surface area contributed by atoms with Crippen molar-refractivity contribution in [3.63, 3.8) is 0 Å². The fraction of sp³-hybridized carbons (Fsp3) is 0.318. The second-order valence-corrected chi connectivity index (χ2v) is 7.71. The van der Waals surface area contributed by atoms with Crippen LogP contribution in [0.15, 0.2) is 42.5 Å². The lowest BCUT2D eigenvalue weighted by molar-refractivity contribution is -0.123. The van der Waals surface area contributed by atoms with Crippen molar-refractivity contribution in [2.24, 2.45) is 0 Å². The molecule has 0 saturated heterocycles. The number of benzene rings is 2. The van der Waals surface area contributed by atoms with Crippen LogP contribution in [0.5, 0.6) is 5.75 Å². The van der Waals surface area contributed by atoms with Gasteiger partial charge in [0, 0.05) is 18.1 Å². The molecule has 0 aliphatic heterocycles. The van der Waals surface area contributed by atoms with Gasteiger partial charge in [-0.05, 0) is 42.7 Å². The molecule has 0 fully saturated rings. The molecule has 1 unspecified atom stereocenters. The molecule has 1 atom stereocenters. The highest BCUT2D eigenvalue weighted by Gasteiger charge is 2.24. The maximum absolute atomic E-state index is 12.9. The van der Waals surface area contributed by atoms with Crippen LogP contribution in [0.2, 0.25) is 10.0 Å². The molecule has 172 valence electrons. The van der Waals surface area contributed by atoms with E-state index in [0.717, 1.165) is 5.56 Å². The lowest BCUT2D eigenvalue weighted by Gasteiger charge is -2.20. The van der Waals surface area contributed by atoms with Gasteiger partial charge in [0.15, 0.2) is 0 Å². The summed E-state index contributed by atoms with van der Waals surface area (Å²) in [4.78, 5) is 25.7. The van der Waals surface area contributed by atoms with Crippen LogP contribution in [-0.2, 0) is 11.3 Å². The third-order valence-electron chi connectivity index (χ3n) is 4.57. The molecule has 0 heterocycles. The zero-order valence-corrected chi connectivity index (χ0v) is 19.0. The van der Waals surface area contributed by atoms with E-state index >= 15 is 0 Å². The zero-order chi connectivity index (χ0) is 23.5. The van der Waals surface area contributed by atoms with Crippen LogP contribution < -0.4 is 20.7 Å². The highest BCUT2D eigenvalue weighted by Crippen LogP contribution is 2.26. The Morgan fingerprint density at radius 1 is 1.12 bits per heavy atom. The molecule has 2 aromatic rings. The van der Waals surface area contributed by atoms with Crippen molar-refractivity contribution >= 4 is 40.9 Å². The number of hydrogen-bond donors (Lipinski definition) is 4. The molecular weight excluding hydrogens is 458 g/mol. The molecule has 32 heavy (non-hydrogen) atoms. The van der Waals surface area contributed by atoms with Crippen LogP contribution >= 0.6 is 23.2 Å². The van der Waals surface area contributed by atoms with Gasteiger partial charge in [0.1, 0.15) is 24.3 Å². The Balaban J connectivity index is 2.08. The van der Waals surface area contributed by atoms with E-state index in [-0.39, 0.29) is 47.6 Å². The number of carbonyl (C=O) groups is 2. The second kappa shape index (κ2) is 12.9. The van der Waals surface area contributed by atoms with Gasteiger partial charge in [0.25, 0.3) is 5.91 Å². The van der Waals surface area contributed by atoms with Crippen LogP contribution in [0.1, 0.15) is 28.8 Å². The Bertz CT molecular complexity index is 941. The summed E-state index contributed by atoms with van der Waals surface area (Å²) in [6, 6.07) is 10.9. The van der Waals surface area contributed by atoms with Gasteiger partial charge >= 0.3 is 0 Å². The SMILES string of the molecule is COc1cccc(Cl)c1C(=O)NC(CCCNC(=N)CF)C(=O)NCc1ccc(Cl)cc1. The topological polar surface area (TPSA) is 103 Å². The molecule has 0 aliphatic rings. The molecular formula is C22H25Cl2FN4O3. The van der Waals surface area contributed by atoms with Crippen molar-refractivity contribution in [3.05, 3.63) is 63.6 Å². The molecule has 0 aromatic heterocycles. The van der Waals surface area contributed by atoms with Crippen LogP contribution in [0.25, 0.3) is 0 Å². The molecule has 0 spiro atoms. The number of nitrogens with one attached hydrogen (secondary N) is 4. The lowest BCUT2D eigenvalue weighted by atomic mass is 10.1. The summed E-state index contributed by atoms with van der Waals surface area (Å²) >= 11 is 12.1. The first-order valence-electron chi connectivity index (χ1n) is 9.88. The Morgan fingerprint density at radius 3 is 2.50 bits per heavy atom. The van der Waals surface area contributed by atoms with Gasteiger partial charge < -0.3 is 20.7 Å². The first-order chi connectivity index (χ1) is 15.3. The monoisotopic (exact) mass is 482 g/mol. The second-order valence-electron chi connectivity index (χ2n) is 6.87. The van der Waals surface area contributed by atoms with Gasteiger partial charge in [0.2, 0.25) is 5.91 Å². The summed E-state index contributed by atoms with van der Waals surface area (Å²) in [6.45, 7) is -0.356. The van der Waals surface area contributed by atoms with Gasteiger partial charge in [-0.2, -0.15) is 0 Å². The lowest BCUT2D eigenvalue weighted by Crippen LogP contribution is -2.47. The highest BCUT2D eigenvalue weighted by atomic mass is 35.5. The number of rotatable bonds is 11. The maximum atomic E-state index is 12.9. The van der Waals surface area contributed by atoms with E-state index in [1.54, 1.807) is 42.5 Å². The van der Waals surface area contributed by atoms with E-state index in [9.17, 15) is 14.0 Å². The summed E-state index contributed by atoms with van der Waals surface area (Å²) in [5, 5.41) is 16.2. The first-order valence-corrected chi connectivity index (χ1v) is 10.6. The molecule has 2 rings (SSSR count). The zero-order valence-electron chi connectivity index (χ0n) is 17.5. The molecule has 2 aromatic carbocycles. The fourth-order valence-electron chi connectivity index (χ4n) is 2.90. The maximum Gasteiger partial charge on any atom is 0.257 e. The summed E-state index contributed by atoms with van der Waals surface area (Å²) in [6.07, 6.45) is 0.679. The Labute approximate surface area is 196 Å². The van der Waals surface area contributed by atoms with E-state index in [1.165, 1.54) is 7.11 Å². The first kappa shape index (κ1) is 25.4. The fourth-order valence-corrected chi connectivity index (χ4v) is 3.28. The van der Waals surface area contributed by atoms with Gasteiger partial charge in [-0.25, -0.2) is 4.39 Å². The standard InChI is InChI=1S/C22H25Cl2FN4O3/c1-32-18-6-2-4-16(24)20(18)22(31)29-17(5-3-11-27-19(26)12-25)21(30)28-13-14-7-9-15(23)10-8-14/h2,4,6-10,17H,3,5,11-13H2,1H3,(H2,26,27)(H,28,30)(H,29,31). The molecule has 0 bridgehead atoms. The Kier molecular flexibility index (Phi) is 10.2. The van der Waals surface area contributed by atoms with Gasteiger partial charge in [-0.1, -0.05) is 41.4 Å². The molecule has 0 radical (unpaired) electrons. The smallest absolute Gasteiger partial charge is 0.257 e. The number of hydrogen-bond acceptors (Lipinski definition) is 4. The van der Waals surface area contributed by atoms with Crippen LogP contribution in [0.3, 0.4) is 0 Å². The van der Waals surface area contributed by atoms with E-state index in [2.05, 4.69) is 16.0 Å². The number of ether oxygens (including phenoxy) is 1. The van der Waals surface area contributed by atoms with Gasteiger partial charge in [-0.15, -0.1) is 0 Å². The molecule has 0 aliphatic carbocycles. The normalized spacial score (nSPS) is 11.4.